The van der Waals surface area contributed by atoms with Crippen LogP contribution in [0.1, 0.15) is 51.5 Å². The smallest absolute Gasteiger partial charge is 0.159 e. The van der Waals surface area contributed by atoms with Gasteiger partial charge in [-0.15, -0.1) is 0 Å². The summed E-state index contributed by atoms with van der Waals surface area (Å²) < 4.78 is 26.2. The lowest BCUT2D eigenvalue weighted by Crippen LogP contribution is -2.24. The number of hydrogen-bond acceptors (Lipinski definition) is 0. The van der Waals surface area contributed by atoms with Gasteiger partial charge in [-0.3, -0.25) is 0 Å². The van der Waals surface area contributed by atoms with Gasteiger partial charge < -0.3 is 0 Å². The van der Waals surface area contributed by atoms with Crippen molar-refractivity contribution >= 4 is 0 Å². The molecular formula is C16H22F2. The Morgan fingerprint density at radius 1 is 1.06 bits per heavy atom. The Morgan fingerprint density at radius 3 is 2.39 bits per heavy atom. The molecule has 0 radical (unpaired) electrons. The molecular weight excluding hydrogens is 230 g/mol. The molecule has 1 aliphatic carbocycles. The van der Waals surface area contributed by atoms with Crippen LogP contribution >= 0.6 is 0 Å². The third-order valence-corrected chi connectivity index (χ3v) is 4.82. The van der Waals surface area contributed by atoms with Crippen LogP contribution in [0.2, 0.25) is 0 Å². The van der Waals surface area contributed by atoms with Crippen LogP contribution in [0.5, 0.6) is 0 Å². The molecule has 0 heterocycles. The van der Waals surface area contributed by atoms with E-state index in [0.717, 1.165) is 17.4 Å². The largest absolute Gasteiger partial charge is 0.204 e. The Hall–Kier alpha value is -0.920. The summed E-state index contributed by atoms with van der Waals surface area (Å²) in [4.78, 5) is 0. The van der Waals surface area contributed by atoms with Gasteiger partial charge in [0.05, 0.1) is 0 Å². The van der Waals surface area contributed by atoms with Crippen molar-refractivity contribution < 1.29 is 8.78 Å². The van der Waals surface area contributed by atoms with Gasteiger partial charge in [-0.05, 0) is 54.2 Å². The highest BCUT2D eigenvalue weighted by molar-refractivity contribution is 5.22. The molecule has 0 bridgehead atoms. The molecule has 4 atom stereocenters. The molecule has 0 nitrogen and oxygen atoms in total. The molecule has 100 valence electrons. The van der Waals surface area contributed by atoms with Gasteiger partial charge in [0.15, 0.2) is 11.6 Å². The normalized spacial score (nSPS) is 30.2. The maximum Gasteiger partial charge on any atom is 0.159 e. The predicted molar refractivity (Wildman–Crippen MR) is 70.4 cm³/mol. The minimum atomic E-state index is -0.753. The van der Waals surface area contributed by atoms with E-state index in [1.165, 1.54) is 31.4 Å². The molecule has 1 fully saturated rings. The number of halogens is 2. The SMILES string of the molecule is CC1CCC(C(C)c2ccc(F)c(F)c2)CC1C. The van der Waals surface area contributed by atoms with Gasteiger partial charge in [-0.2, -0.15) is 0 Å². The first kappa shape index (κ1) is 13.5. The fourth-order valence-electron chi connectivity index (χ4n) is 3.11. The van der Waals surface area contributed by atoms with Crippen LogP contribution < -0.4 is 0 Å². The summed E-state index contributed by atoms with van der Waals surface area (Å²) >= 11 is 0. The van der Waals surface area contributed by atoms with Crippen molar-refractivity contribution in [2.24, 2.45) is 17.8 Å². The molecule has 0 aliphatic heterocycles. The van der Waals surface area contributed by atoms with Gasteiger partial charge in [0, 0.05) is 0 Å². The zero-order valence-corrected chi connectivity index (χ0v) is 11.4. The van der Waals surface area contributed by atoms with Crippen molar-refractivity contribution in [2.75, 3.05) is 0 Å². The topological polar surface area (TPSA) is 0 Å². The molecule has 1 aromatic rings. The van der Waals surface area contributed by atoms with E-state index >= 15 is 0 Å². The zero-order chi connectivity index (χ0) is 13.3. The Balaban J connectivity index is 2.11. The Morgan fingerprint density at radius 2 is 1.78 bits per heavy atom. The van der Waals surface area contributed by atoms with Crippen LogP contribution in [0, 0.1) is 29.4 Å². The molecule has 0 spiro atoms. The average molecular weight is 252 g/mol. The van der Waals surface area contributed by atoms with Gasteiger partial charge in [0.2, 0.25) is 0 Å². The lowest BCUT2D eigenvalue weighted by molar-refractivity contribution is 0.189. The molecule has 2 heteroatoms. The fraction of sp³-hybridized carbons (Fsp3) is 0.625. The first-order chi connectivity index (χ1) is 8.49. The molecule has 4 unspecified atom stereocenters. The monoisotopic (exact) mass is 252 g/mol. The van der Waals surface area contributed by atoms with Gasteiger partial charge >= 0.3 is 0 Å². The first-order valence-corrected chi connectivity index (χ1v) is 6.94. The van der Waals surface area contributed by atoms with Crippen molar-refractivity contribution in [1.29, 1.82) is 0 Å². The highest BCUT2D eigenvalue weighted by Crippen LogP contribution is 2.40. The van der Waals surface area contributed by atoms with Crippen molar-refractivity contribution in [2.45, 2.75) is 46.0 Å². The molecule has 1 aliphatic rings. The maximum atomic E-state index is 13.3. The zero-order valence-electron chi connectivity index (χ0n) is 11.4. The molecule has 1 aromatic carbocycles. The van der Waals surface area contributed by atoms with Gasteiger partial charge in [-0.25, -0.2) is 8.78 Å². The summed E-state index contributed by atoms with van der Waals surface area (Å²) in [5.74, 6) is 0.958. The second-order valence-corrected chi connectivity index (χ2v) is 5.99. The third-order valence-electron chi connectivity index (χ3n) is 4.82. The van der Waals surface area contributed by atoms with Gasteiger partial charge in [-0.1, -0.05) is 33.3 Å². The van der Waals surface area contributed by atoms with E-state index in [2.05, 4.69) is 20.8 Å². The number of benzene rings is 1. The molecule has 18 heavy (non-hydrogen) atoms. The van der Waals surface area contributed by atoms with Crippen molar-refractivity contribution in [3.8, 4) is 0 Å². The molecule has 1 saturated carbocycles. The van der Waals surface area contributed by atoms with Crippen molar-refractivity contribution in [3.05, 3.63) is 35.4 Å². The van der Waals surface area contributed by atoms with E-state index in [-0.39, 0.29) is 0 Å². The minimum absolute atomic E-state index is 0.315. The van der Waals surface area contributed by atoms with E-state index in [1.807, 2.05) is 0 Å². The minimum Gasteiger partial charge on any atom is -0.204 e. The van der Waals surface area contributed by atoms with Crippen molar-refractivity contribution in [1.82, 2.24) is 0 Å². The van der Waals surface area contributed by atoms with Crippen molar-refractivity contribution in [3.63, 3.8) is 0 Å². The van der Waals surface area contributed by atoms with Crippen LogP contribution in [0.3, 0.4) is 0 Å². The lowest BCUT2D eigenvalue weighted by Gasteiger charge is -2.35. The number of hydrogen-bond donors (Lipinski definition) is 0. The molecule has 0 aromatic heterocycles. The van der Waals surface area contributed by atoms with E-state index in [0.29, 0.717) is 11.8 Å². The quantitative estimate of drug-likeness (QED) is 0.683. The maximum absolute atomic E-state index is 13.3. The summed E-state index contributed by atoms with van der Waals surface area (Å²) in [6, 6.07) is 4.34. The molecule has 0 amide bonds. The van der Waals surface area contributed by atoms with Gasteiger partial charge in [0.1, 0.15) is 0 Å². The standard InChI is InChI=1S/C16H22F2/c1-10-4-5-13(8-11(10)2)12(3)14-6-7-15(17)16(18)9-14/h6-7,9-13H,4-5,8H2,1-3H3. The van der Waals surface area contributed by atoms with E-state index in [1.54, 1.807) is 6.07 Å². The summed E-state index contributed by atoms with van der Waals surface area (Å²) in [5.41, 5.74) is 0.931. The third kappa shape index (κ3) is 2.73. The Kier molecular flexibility index (Phi) is 4.04. The summed E-state index contributed by atoms with van der Waals surface area (Å²) in [6.07, 6.45) is 3.65. The number of rotatable bonds is 2. The Labute approximate surface area is 108 Å². The van der Waals surface area contributed by atoms with Crippen LogP contribution in [0.25, 0.3) is 0 Å². The summed E-state index contributed by atoms with van der Waals surface area (Å²) in [6.45, 7) is 6.75. The highest BCUT2D eigenvalue weighted by atomic mass is 19.2. The van der Waals surface area contributed by atoms with E-state index < -0.39 is 11.6 Å². The predicted octanol–water partition coefficient (Wildman–Crippen LogP) is 5.14. The Bertz CT molecular complexity index is 414. The van der Waals surface area contributed by atoms with Crippen LogP contribution in [-0.4, -0.2) is 0 Å². The van der Waals surface area contributed by atoms with Crippen LogP contribution in [-0.2, 0) is 0 Å². The summed E-state index contributed by atoms with van der Waals surface area (Å²) in [7, 11) is 0. The summed E-state index contributed by atoms with van der Waals surface area (Å²) in [5, 5.41) is 0. The lowest BCUT2D eigenvalue weighted by atomic mass is 9.70. The second kappa shape index (κ2) is 5.38. The average Bonchev–Trinajstić information content (AvgIpc) is 2.35. The molecule has 0 N–H and O–H groups in total. The second-order valence-electron chi connectivity index (χ2n) is 5.99. The molecule has 2 rings (SSSR count). The van der Waals surface area contributed by atoms with Crippen LogP contribution in [0.15, 0.2) is 18.2 Å². The van der Waals surface area contributed by atoms with Crippen LogP contribution in [0.4, 0.5) is 8.78 Å². The molecule has 0 saturated heterocycles. The van der Waals surface area contributed by atoms with E-state index in [4.69, 9.17) is 0 Å². The fourth-order valence-corrected chi connectivity index (χ4v) is 3.11. The van der Waals surface area contributed by atoms with Gasteiger partial charge in [0.25, 0.3) is 0 Å². The first-order valence-electron chi connectivity index (χ1n) is 6.94. The van der Waals surface area contributed by atoms with E-state index in [9.17, 15) is 8.78 Å². The highest BCUT2D eigenvalue weighted by Gasteiger charge is 2.28.